The fourth-order valence-corrected chi connectivity index (χ4v) is 2.52. The highest BCUT2D eigenvalue weighted by Gasteiger charge is 2.13. The minimum atomic E-state index is -0.367. The first-order valence-corrected chi connectivity index (χ1v) is 6.88. The van der Waals surface area contributed by atoms with Crippen LogP contribution in [-0.2, 0) is 9.59 Å². The lowest BCUT2D eigenvalue weighted by molar-refractivity contribution is -0.116. The van der Waals surface area contributed by atoms with Crippen molar-refractivity contribution in [3.63, 3.8) is 0 Å². The fourth-order valence-electron chi connectivity index (χ4n) is 1.60. The number of carbonyl (C=O) groups is 2. The molecule has 0 heterocycles. The van der Waals surface area contributed by atoms with Crippen LogP contribution in [-0.4, -0.2) is 23.9 Å². The van der Waals surface area contributed by atoms with E-state index in [1.165, 1.54) is 0 Å². The predicted octanol–water partition coefficient (Wildman–Crippen LogP) is 2.08. The van der Waals surface area contributed by atoms with E-state index >= 15 is 0 Å². The molecule has 0 aromatic rings. The Morgan fingerprint density at radius 2 is 2.47 bits per heavy atom. The topological polar surface area (TPSA) is 60.2 Å². The van der Waals surface area contributed by atoms with Gasteiger partial charge in [0.25, 0.3) is 0 Å². The summed E-state index contributed by atoms with van der Waals surface area (Å²) in [6.07, 6.45) is 9.22. The van der Waals surface area contributed by atoms with Crippen molar-refractivity contribution in [1.82, 2.24) is 0 Å². The maximum absolute atomic E-state index is 11.2. The van der Waals surface area contributed by atoms with Crippen LogP contribution in [0.25, 0.3) is 0 Å². The van der Waals surface area contributed by atoms with Crippen LogP contribution in [0.4, 0.5) is 0 Å². The molecule has 1 aliphatic rings. The highest BCUT2D eigenvalue weighted by Crippen LogP contribution is 2.26. The normalized spacial score (nSPS) is 20.8. The summed E-state index contributed by atoms with van der Waals surface area (Å²) >= 11 is 1.58. The molecule has 0 aliphatic heterocycles. The van der Waals surface area contributed by atoms with Crippen molar-refractivity contribution in [2.45, 2.75) is 32.2 Å². The second kappa shape index (κ2) is 7.45. The van der Waals surface area contributed by atoms with E-state index in [4.69, 9.17) is 5.73 Å². The van der Waals surface area contributed by atoms with Crippen molar-refractivity contribution in [3.05, 3.63) is 23.1 Å². The summed E-state index contributed by atoms with van der Waals surface area (Å²) in [6, 6.07) is -0.367. The van der Waals surface area contributed by atoms with Crippen LogP contribution in [0, 0.1) is 5.92 Å². The van der Waals surface area contributed by atoms with Gasteiger partial charge in [-0.25, -0.2) is 0 Å². The lowest BCUT2D eigenvalue weighted by atomic mass is 9.94. The van der Waals surface area contributed by atoms with Crippen molar-refractivity contribution in [2.75, 3.05) is 5.75 Å². The molecule has 3 nitrogen and oxygen atoms in total. The van der Waals surface area contributed by atoms with E-state index in [0.717, 1.165) is 17.6 Å². The lowest BCUT2D eigenvalue weighted by Crippen LogP contribution is -2.24. The molecule has 0 aromatic heterocycles. The van der Waals surface area contributed by atoms with Gasteiger partial charge in [-0.1, -0.05) is 25.2 Å². The van der Waals surface area contributed by atoms with Gasteiger partial charge in [-0.2, -0.15) is 0 Å². The number of rotatable bonds is 7. The van der Waals surface area contributed by atoms with Gasteiger partial charge in [-0.15, -0.1) is 11.8 Å². The van der Waals surface area contributed by atoms with E-state index in [-0.39, 0.29) is 11.8 Å². The van der Waals surface area contributed by atoms with Gasteiger partial charge in [0.1, 0.15) is 12.1 Å². The van der Waals surface area contributed by atoms with E-state index in [0.29, 0.717) is 24.5 Å². The van der Waals surface area contributed by atoms with Gasteiger partial charge in [0.05, 0.1) is 11.8 Å². The van der Waals surface area contributed by atoms with Gasteiger partial charge in [0.15, 0.2) is 0 Å². The van der Waals surface area contributed by atoms with Crippen LogP contribution in [0.1, 0.15) is 26.2 Å². The maximum Gasteiger partial charge on any atom is 0.142 e. The summed E-state index contributed by atoms with van der Waals surface area (Å²) in [6.45, 7) is 1.88. The molecule has 0 saturated carbocycles. The van der Waals surface area contributed by atoms with Gasteiger partial charge in [0, 0.05) is 11.3 Å². The molecule has 0 spiro atoms. The highest BCUT2D eigenvalue weighted by atomic mass is 32.2. The Kier molecular flexibility index (Phi) is 6.22. The molecule has 0 amide bonds. The number of nitrogens with two attached hydrogens (primary N) is 1. The van der Waals surface area contributed by atoms with Crippen LogP contribution >= 0.6 is 11.8 Å². The summed E-state index contributed by atoms with van der Waals surface area (Å²) in [5.74, 6) is 1.17. The van der Waals surface area contributed by atoms with Crippen molar-refractivity contribution in [3.8, 4) is 0 Å². The molecule has 0 bridgehead atoms. The first kappa shape index (κ1) is 14.2. The summed E-state index contributed by atoms with van der Waals surface area (Å²) in [7, 11) is 0. The number of aldehydes is 1. The third-order valence-corrected chi connectivity index (χ3v) is 3.80. The molecule has 0 saturated heterocycles. The maximum atomic E-state index is 11.2. The molecule has 1 rings (SSSR count). The molecule has 2 atom stereocenters. The zero-order valence-electron chi connectivity index (χ0n) is 10.1. The average Bonchev–Trinajstić information content (AvgIpc) is 2.37. The van der Waals surface area contributed by atoms with E-state index in [9.17, 15) is 9.59 Å². The molecule has 2 unspecified atom stereocenters. The van der Waals surface area contributed by atoms with E-state index in [1.54, 1.807) is 11.8 Å². The van der Waals surface area contributed by atoms with Gasteiger partial charge in [-0.05, 0) is 18.8 Å². The van der Waals surface area contributed by atoms with Crippen LogP contribution in [0.2, 0.25) is 0 Å². The van der Waals surface area contributed by atoms with Gasteiger partial charge in [-0.3, -0.25) is 4.79 Å². The Balaban J connectivity index is 2.33. The zero-order valence-corrected chi connectivity index (χ0v) is 10.9. The number of thioether (sulfide) groups is 1. The van der Waals surface area contributed by atoms with Gasteiger partial charge >= 0.3 is 0 Å². The van der Waals surface area contributed by atoms with Gasteiger partial charge < -0.3 is 10.5 Å². The molecule has 17 heavy (non-hydrogen) atoms. The third-order valence-electron chi connectivity index (χ3n) is 2.70. The second-order valence-electron chi connectivity index (χ2n) is 4.18. The molecule has 94 valence electrons. The lowest BCUT2D eigenvalue weighted by Gasteiger charge is -2.17. The van der Waals surface area contributed by atoms with Crippen LogP contribution in [0.15, 0.2) is 23.1 Å². The van der Waals surface area contributed by atoms with Gasteiger partial charge in [0.2, 0.25) is 0 Å². The Morgan fingerprint density at radius 1 is 1.71 bits per heavy atom. The van der Waals surface area contributed by atoms with E-state index < -0.39 is 0 Å². The Morgan fingerprint density at radius 3 is 3.00 bits per heavy atom. The molecule has 0 radical (unpaired) electrons. The Labute approximate surface area is 107 Å². The van der Waals surface area contributed by atoms with Crippen molar-refractivity contribution < 1.29 is 9.59 Å². The molecule has 1 aliphatic carbocycles. The first-order chi connectivity index (χ1) is 8.15. The molecule has 2 N–H and O–H groups in total. The van der Waals surface area contributed by atoms with Crippen LogP contribution in [0.5, 0.6) is 0 Å². The number of hydrogen-bond acceptors (Lipinski definition) is 4. The van der Waals surface area contributed by atoms with Crippen molar-refractivity contribution in [2.24, 2.45) is 11.7 Å². The molecule has 0 aromatic carbocycles. The highest BCUT2D eigenvalue weighted by molar-refractivity contribution is 8.03. The largest absolute Gasteiger partial charge is 0.322 e. The summed E-state index contributed by atoms with van der Waals surface area (Å²) < 4.78 is 0. The number of Topliss-reactive ketones (excluding diaryl/α,β-unsaturated/α-hetero) is 1. The van der Waals surface area contributed by atoms with E-state index in [1.807, 2.05) is 13.0 Å². The summed E-state index contributed by atoms with van der Waals surface area (Å²) in [5, 5.41) is 0. The minimum absolute atomic E-state index is 0.273. The van der Waals surface area contributed by atoms with Crippen molar-refractivity contribution >= 4 is 23.8 Å². The second-order valence-corrected chi connectivity index (χ2v) is 5.23. The Hall–Kier alpha value is -0.870. The number of hydrogen-bond donors (Lipinski definition) is 1. The SMILES string of the molecule is CCC(=O)CSC1=CCC(CC(N)C=O)C=C1. The molecular formula is C13H19NO2S. The van der Waals surface area contributed by atoms with E-state index in [2.05, 4.69) is 12.2 Å². The summed E-state index contributed by atoms with van der Waals surface area (Å²) in [4.78, 5) is 22.8. The molecular weight excluding hydrogens is 234 g/mol. The third kappa shape index (κ3) is 5.33. The fraction of sp³-hybridized carbons (Fsp3) is 0.538. The smallest absolute Gasteiger partial charge is 0.142 e. The Bertz CT molecular complexity index is 336. The van der Waals surface area contributed by atoms with Crippen LogP contribution < -0.4 is 5.73 Å². The average molecular weight is 253 g/mol. The molecule has 4 heteroatoms. The standard InChI is InChI=1S/C13H19NO2S/c1-2-12(16)9-17-13-5-3-10(4-6-13)7-11(14)8-15/h3,5-6,8,10-11H,2,4,7,9,14H2,1H3. The quantitative estimate of drug-likeness (QED) is 0.706. The predicted molar refractivity (Wildman–Crippen MR) is 71.7 cm³/mol. The minimum Gasteiger partial charge on any atom is -0.322 e. The zero-order chi connectivity index (χ0) is 12.7. The number of ketones is 1. The molecule has 0 fully saturated rings. The summed E-state index contributed by atoms with van der Waals surface area (Å²) in [5.41, 5.74) is 5.58. The first-order valence-electron chi connectivity index (χ1n) is 5.89. The monoisotopic (exact) mass is 253 g/mol. The number of allylic oxidation sites excluding steroid dienone is 3. The van der Waals surface area contributed by atoms with Crippen LogP contribution in [0.3, 0.4) is 0 Å². The number of carbonyl (C=O) groups excluding carboxylic acids is 2. The van der Waals surface area contributed by atoms with Crippen molar-refractivity contribution in [1.29, 1.82) is 0 Å².